The summed E-state index contributed by atoms with van der Waals surface area (Å²) >= 11 is 4.75. The average Bonchev–Trinajstić information content (AvgIpc) is 2.67. The van der Waals surface area contributed by atoms with Gasteiger partial charge in [0.1, 0.15) is 15.7 Å². The number of rotatable bonds is 2. The standard InChI is InChI=1S/C12H12BrNOS/c1-7-3-4-8(2)9(5-7)11(15)12-14-10(13)6-16-12/h3-6,11,15H,1-2H3. The Morgan fingerprint density at radius 2 is 2.12 bits per heavy atom. The van der Waals surface area contributed by atoms with Crippen LogP contribution in [-0.4, -0.2) is 10.1 Å². The number of aliphatic hydroxyl groups excluding tert-OH is 1. The fraction of sp³-hybridized carbons (Fsp3) is 0.250. The molecule has 2 aromatic rings. The molecule has 1 aromatic carbocycles. The molecule has 0 bridgehead atoms. The summed E-state index contributed by atoms with van der Waals surface area (Å²) in [6.45, 7) is 4.02. The van der Waals surface area contributed by atoms with Crippen molar-refractivity contribution < 1.29 is 5.11 Å². The van der Waals surface area contributed by atoms with Crippen molar-refractivity contribution in [3.63, 3.8) is 0 Å². The molecule has 0 radical (unpaired) electrons. The van der Waals surface area contributed by atoms with Crippen molar-refractivity contribution in [2.24, 2.45) is 0 Å². The molecule has 0 amide bonds. The van der Waals surface area contributed by atoms with Crippen molar-refractivity contribution in [1.29, 1.82) is 0 Å². The van der Waals surface area contributed by atoms with E-state index in [0.717, 1.165) is 26.3 Å². The first-order chi connectivity index (χ1) is 7.58. The molecule has 0 saturated heterocycles. The molecule has 1 aromatic heterocycles. The maximum atomic E-state index is 10.2. The average molecular weight is 298 g/mol. The van der Waals surface area contributed by atoms with E-state index in [1.54, 1.807) is 0 Å². The molecule has 2 nitrogen and oxygen atoms in total. The summed E-state index contributed by atoms with van der Waals surface area (Å²) < 4.78 is 0.775. The summed E-state index contributed by atoms with van der Waals surface area (Å²) in [6.07, 6.45) is -0.629. The van der Waals surface area contributed by atoms with Crippen LogP contribution in [0.15, 0.2) is 28.2 Å². The van der Waals surface area contributed by atoms with Gasteiger partial charge in [0.25, 0.3) is 0 Å². The second kappa shape index (κ2) is 4.65. The lowest BCUT2D eigenvalue weighted by Gasteiger charge is -2.11. The Labute approximate surface area is 107 Å². The van der Waals surface area contributed by atoms with Crippen molar-refractivity contribution in [2.75, 3.05) is 0 Å². The van der Waals surface area contributed by atoms with Crippen LogP contribution in [0.5, 0.6) is 0 Å². The Morgan fingerprint density at radius 3 is 2.75 bits per heavy atom. The number of hydrogen-bond donors (Lipinski definition) is 1. The zero-order valence-corrected chi connectivity index (χ0v) is 11.5. The first-order valence-electron chi connectivity index (χ1n) is 4.94. The number of aromatic nitrogens is 1. The highest BCUT2D eigenvalue weighted by atomic mass is 79.9. The highest BCUT2D eigenvalue weighted by Crippen LogP contribution is 2.29. The normalized spacial score (nSPS) is 12.8. The van der Waals surface area contributed by atoms with Crippen molar-refractivity contribution in [3.8, 4) is 0 Å². The first kappa shape index (κ1) is 11.8. The van der Waals surface area contributed by atoms with Crippen LogP contribution >= 0.6 is 27.3 Å². The fourth-order valence-electron chi connectivity index (χ4n) is 1.58. The molecule has 0 aliphatic rings. The van der Waals surface area contributed by atoms with Gasteiger partial charge in [-0.2, -0.15) is 0 Å². The van der Waals surface area contributed by atoms with E-state index >= 15 is 0 Å². The summed E-state index contributed by atoms with van der Waals surface area (Å²) in [4.78, 5) is 4.24. The van der Waals surface area contributed by atoms with E-state index in [4.69, 9.17) is 0 Å². The van der Waals surface area contributed by atoms with Gasteiger partial charge >= 0.3 is 0 Å². The van der Waals surface area contributed by atoms with Gasteiger partial charge in [0.15, 0.2) is 0 Å². The minimum absolute atomic E-state index is 0.629. The van der Waals surface area contributed by atoms with Gasteiger partial charge in [-0.25, -0.2) is 4.98 Å². The van der Waals surface area contributed by atoms with E-state index in [1.807, 2.05) is 37.4 Å². The lowest BCUT2D eigenvalue weighted by Crippen LogP contribution is -2.01. The van der Waals surface area contributed by atoms with E-state index in [2.05, 4.69) is 20.9 Å². The Kier molecular flexibility index (Phi) is 3.42. The summed E-state index contributed by atoms with van der Waals surface area (Å²) in [5, 5.41) is 12.8. The predicted octanol–water partition coefficient (Wildman–Crippen LogP) is 3.60. The van der Waals surface area contributed by atoms with Gasteiger partial charge in [0, 0.05) is 5.38 Å². The van der Waals surface area contributed by atoms with Crippen molar-refractivity contribution in [3.05, 3.63) is 49.9 Å². The fourth-order valence-corrected chi connectivity index (χ4v) is 2.85. The summed E-state index contributed by atoms with van der Waals surface area (Å²) in [5.74, 6) is 0. The zero-order valence-electron chi connectivity index (χ0n) is 9.07. The molecule has 1 N–H and O–H groups in total. The smallest absolute Gasteiger partial charge is 0.131 e. The summed E-state index contributed by atoms with van der Waals surface area (Å²) in [5.41, 5.74) is 3.17. The number of benzene rings is 1. The van der Waals surface area contributed by atoms with Gasteiger partial charge in [-0.3, -0.25) is 0 Å². The van der Waals surface area contributed by atoms with E-state index in [0.29, 0.717) is 0 Å². The number of halogens is 1. The highest BCUT2D eigenvalue weighted by molar-refractivity contribution is 9.10. The lowest BCUT2D eigenvalue weighted by molar-refractivity contribution is 0.219. The molecule has 0 spiro atoms. The second-order valence-corrected chi connectivity index (χ2v) is 5.47. The number of hydrogen-bond acceptors (Lipinski definition) is 3. The molecule has 1 heterocycles. The molecule has 0 aliphatic carbocycles. The molecular weight excluding hydrogens is 286 g/mol. The van der Waals surface area contributed by atoms with Crippen molar-refractivity contribution in [2.45, 2.75) is 20.0 Å². The number of aryl methyl sites for hydroxylation is 2. The van der Waals surface area contributed by atoms with Crippen LogP contribution in [0.3, 0.4) is 0 Å². The quantitative estimate of drug-likeness (QED) is 0.919. The van der Waals surface area contributed by atoms with E-state index < -0.39 is 6.10 Å². The topological polar surface area (TPSA) is 33.1 Å². The van der Waals surface area contributed by atoms with Gasteiger partial charge < -0.3 is 5.11 Å². The number of thiazole rings is 1. The largest absolute Gasteiger partial charge is 0.381 e. The molecule has 4 heteroatoms. The van der Waals surface area contributed by atoms with Crippen LogP contribution in [-0.2, 0) is 0 Å². The molecule has 1 unspecified atom stereocenters. The summed E-state index contributed by atoms with van der Waals surface area (Å²) in [7, 11) is 0. The molecular formula is C12H12BrNOS. The van der Waals surface area contributed by atoms with E-state index in [9.17, 15) is 5.11 Å². The third kappa shape index (κ3) is 2.34. The second-order valence-electron chi connectivity index (χ2n) is 3.77. The third-order valence-electron chi connectivity index (χ3n) is 2.46. The van der Waals surface area contributed by atoms with Gasteiger partial charge in [-0.05, 0) is 40.9 Å². The Balaban J connectivity index is 2.40. The van der Waals surface area contributed by atoms with Gasteiger partial charge in [-0.1, -0.05) is 23.8 Å². The minimum Gasteiger partial charge on any atom is -0.381 e. The van der Waals surface area contributed by atoms with E-state index in [1.165, 1.54) is 11.3 Å². The van der Waals surface area contributed by atoms with Crippen LogP contribution < -0.4 is 0 Å². The molecule has 1 atom stereocenters. The maximum absolute atomic E-state index is 10.2. The minimum atomic E-state index is -0.629. The van der Waals surface area contributed by atoms with Crippen LogP contribution in [0.25, 0.3) is 0 Å². The molecule has 0 aliphatic heterocycles. The molecule has 84 valence electrons. The SMILES string of the molecule is Cc1ccc(C)c(C(O)c2nc(Br)cs2)c1. The highest BCUT2D eigenvalue weighted by Gasteiger charge is 2.16. The maximum Gasteiger partial charge on any atom is 0.131 e. The summed E-state index contributed by atoms with van der Waals surface area (Å²) in [6, 6.07) is 6.08. The third-order valence-corrected chi connectivity index (χ3v) is 4.06. The Hall–Kier alpha value is -0.710. The van der Waals surface area contributed by atoms with Crippen LogP contribution in [0.4, 0.5) is 0 Å². The van der Waals surface area contributed by atoms with E-state index in [-0.39, 0.29) is 0 Å². The monoisotopic (exact) mass is 297 g/mol. The van der Waals surface area contributed by atoms with Crippen molar-refractivity contribution in [1.82, 2.24) is 4.98 Å². The zero-order chi connectivity index (χ0) is 11.7. The molecule has 2 rings (SSSR count). The molecule has 0 saturated carbocycles. The van der Waals surface area contributed by atoms with Crippen LogP contribution in [0.2, 0.25) is 0 Å². The predicted molar refractivity (Wildman–Crippen MR) is 69.8 cm³/mol. The molecule has 0 fully saturated rings. The lowest BCUT2D eigenvalue weighted by atomic mass is 10.0. The Bertz CT molecular complexity index is 509. The van der Waals surface area contributed by atoms with Crippen LogP contribution in [0.1, 0.15) is 27.8 Å². The van der Waals surface area contributed by atoms with Crippen LogP contribution in [0, 0.1) is 13.8 Å². The number of nitrogens with zero attached hydrogens (tertiary/aromatic N) is 1. The Morgan fingerprint density at radius 1 is 1.38 bits per heavy atom. The first-order valence-corrected chi connectivity index (χ1v) is 6.61. The molecule has 16 heavy (non-hydrogen) atoms. The van der Waals surface area contributed by atoms with Gasteiger partial charge in [-0.15, -0.1) is 11.3 Å². The number of aliphatic hydroxyl groups is 1. The van der Waals surface area contributed by atoms with Gasteiger partial charge in [0.2, 0.25) is 0 Å². The van der Waals surface area contributed by atoms with Gasteiger partial charge in [0.05, 0.1) is 0 Å². The van der Waals surface area contributed by atoms with Crippen molar-refractivity contribution >= 4 is 27.3 Å².